The summed E-state index contributed by atoms with van der Waals surface area (Å²) < 4.78 is 28.5. The van der Waals surface area contributed by atoms with Crippen molar-refractivity contribution in [3.8, 4) is 0 Å². The number of anilines is 1. The predicted molar refractivity (Wildman–Crippen MR) is 92.3 cm³/mol. The zero-order chi connectivity index (χ0) is 17.7. The molecule has 1 N–H and O–H groups in total. The fourth-order valence-electron chi connectivity index (χ4n) is 2.78. The van der Waals surface area contributed by atoms with Crippen LogP contribution < -0.4 is 5.32 Å². The number of hydrogen-bond donors (Lipinski definition) is 1. The van der Waals surface area contributed by atoms with Gasteiger partial charge in [-0.3, -0.25) is 9.48 Å². The van der Waals surface area contributed by atoms with Gasteiger partial charge in [0.1, 0.15) is 12.7 Å². The van der Waals surface area contributed by atoms with Gasteiger partial charge < -0.3 is 5.32 Å². The molecule has 3 rings (SSSR count). The second kappa shape index (κ2) is 7.75. The minimum absolute atomic E-state index is 0.206. The smallest absolute Gasteiger partial charge is 0.243 e. The number of benzene rings is 1. The molecule has 0 unspecified atom stereocenters. The molecule has 9 heteroatoms. The summed E-state index contributed by atoms with van der Waals surface area (Å²) in [6.07, 6.45) is 6.02. The Morgan fingerprint density at radius 1 is 1.20 bits per heavy atom. The molecule has 1 aliphatic heterocycles. The number of aromatic nitrogens is 3. The highest BCUT2D eigenvalue weighted by molar-refractivity contribution is 7.89. The molecule has 0 atom stereocenters. The van der Waals surface area contributed by atoms with Crippen molar-refractivity contribution in [2.24, 2.45) is 0 Å². The van der Waals surface area contributed by atoms with E-state index in [2.05, 4.69) is 15.4 Å². The Kier molecular flexibility index (Phi) is 5.44. The molecule has 0 radical (unpaired) electrons. The first-order valence-corrected chi connectivity index (χ1v) is 9.72. The van der Waals surface area contributed by atoms with Crippen molar-refractivity contribution in [2.75, 3.05) is 18.4 Å². The number of aryl methyl sites for hydroxylation is 1. The van der Waals surface area contributed by atoms with Gasteiger partial charge in [0.05, 0.1) is 11.4 Å². The van der Waals surface area contributed by atoms with Crippen LogP contribution in [0.1, 0.15) is 25.7 Å². The van der Waals surface area contributed by atoms with Gasteiger partial charge in [0.25, 0.3) is 0 Å². The minimum Gasteiger partial charge on any atom is -0.326 e. The summed E-state index contributed by atoms with van der Waals surface area (Å²) in [5, 5.41) is 6.67. The highest BCUT2D eigenvalue weighted by atomic mass is 32.2. The number of piperidine rings is 1. The van der Waals surface area contributed by atoms with E-state index >= 15 is 0 Å². The number of amides is 1. The molecule has 0 spiro atoms. The monoisotopic (exact) mass is 363 g/mol. The fraction of sp³-hybridized carbons (Fsp3) is 0.438. The number of carbonyl (C=O) groups is 1. The van der Waals surface area contributed by atoms with Crippen molar-refractivity contribution < 1.29 is 13.2 Å². The van der Waals surface area contributed by atoms with Gasteiger partial charge in [0.15, 0.2) is 0 Å². The van der Waals surface area contributed by atoms with Gasteiger partial charge in [0, 0.05) is 25.2 Å². The van der Waals surface area contributed by atoms with Crippen LogP contribution in [0.25, 0.3) is 0 Å². The second-order valence-corrected chi connectivity index (χ2v) is 7.89. The summed E-state index contributed by atoms with van der Waals surface area (Å²) in [5.41, 5.74) is 0.474. The van der Waals surface area contributed by atoms with E-state index in [0.29, 0.717) is 25.3 Å². The molecule has 2 heterocycles. The molecule has 134 valence electrons. The molecule has 1 amide bonds. The van der Waals surface area contributed by atoms with E-state index in [4.69, 9.17) is 0 Å². The Balaban J connectivity index is 1.65. The van der Waals surface area contributed by atoms with Crippen LogP contribution in [0, 0.1) is 0 Å². The molecule has 2 aromatic rings. The van der Waals surface area contributed by atoms with Crippen molar-refractivity contribution in [1.29, 1.82) is 0 Å². The van der Waals surface area contributed by atoms with Crippen LogP contribution >= 0.6 is 0 Å². The van der Waals surface area contributed by atoms with E-state index in [1.165, 1.54) is 16.7 Å². The first-order valence-electron chi connectivity index (χ1n) is 8.28. The first kappa shape index (κ1) is 17.6. The molecular weight excluding hydrogens is 342 g/mol. The van der Waals surface area contributed by atoms with Gasteiger partial charge in [-0.15, -0.1) is 0 Å². The fourth-order valence-corrected chi connectivity index (χ4v) is 4.34. The zero-order valence-electron chi connectivity index (χ0n) is 13.8. The lowest BCUT2D eigenvalue weighted by molar-refractivity contribution is -0.116. The summed E-state index contributed by atoms with van der Waals surface area (Å²) in [7, 11) is -3.51. The Bertz CT molecular complexity index is 814. The maximum absolute atomic E-state index is 12.7. The van der Waals surface area contributed by atoms with E-state index in [9.17, 15) is 13.2 Å². The topological polar surface area (TPSA) is 97.2 Å². The molecular formula is C16H21N5O3S. The van der Waals surface area contributed by atoms with E-state index in [-0.39, 0.29) is 17.2 Å². The summed E-state index contributed by atoms with van der Waals surface area (Å²) >= 11 is 0. The van der Waals surface area contributed by atoms with Crippen molar-refractivity contribution in [3.63, 3.8) is 0 Å². The standard InChI is InChI=1S/C16H21N5O3S/c22-16(7-10-20-13-17-12-18-20)19-14-5-4-6-15(11-14)25(23,24)21-8-2-1-3-9-21/h4-6,11-13H,1-3,7-10H2,(H,19,22). The van der Waals surface area contributed by atoms with Crippen molar-refractivity contribution in [2.45, 2.75) is 37.1 Å². The highest BCUT2D eigenvalue weighted by Crippen LogP contribution is 2.22. The van der Waals surface area contributed by atoms with Crippen LogP contribution in [0.4, 0.5) is 5.69 Å². The van der Waals surface area contributed by atoms with Crippen LogP contribution in [0.3, 0.4) is 0 Å². The normalized spacial score (nSPS) is 15.8. The number of nitrogens with zero attached hydrogens (tertiary/aromatic N) is 4. The maximum Gasteiger partial charge on any atom is 0.243 e. The Hall–Kier alpha value is -2.26. The lowest BCUT2D eigenvalue weighted by atomic mass is 10.2. The van der Waals surface area contributed by atoms with E-state index in [0.717, 1.165) is 19.3 Å². The number of carbonyl (C=O) groups excluding carboxylic acids is 1. The first-order chi connectivity index (χ1) is 12.1. The molecule has 1 aromatic heterocycles. The van der Waals surface area contributed by atoms with E-state index in [1.807, 2.05) is 0 Å². The van der Waals surface area contributed by atoms with Gasteiger partial charge in [-0.1, -0.05) is 12.5 Å². The van der Waals surface area contributed by atoms with E-state index in [1.54, 1.807) is 29.2 Å². The molecule has 1 aromatic carbocycles. The van der Waals surface area contributed by atoms with Gasteiger partial charge in [0.2, 0.25) is 15.9 Å². The third-order valence-corrected chi connectivity index (χ3v) is 6.00. The molecule has 8 nitrogen and oxygen atoms in total. The van der Waals surface area contributed by atoms with Crippen LogP contribution in [0.15, 0.2) is 41.8 Å². The summed E-state index contributed by atoms with van der Waals surface area (Å²) in [5.74, 6) is -0.206. The summed E-state index contributed by atoms with van der Waals surface area (Å²) in [6, 6.07) is 6.40. The predicted octanol–water partition coefficient (Wildman–Crippen LogP) is 1.48. The molecule has 1 fully saturated rings. The van der Waals surface area contributed by atoms with Gasteiger partial charge in [-0.2, -0.15) is 9.40 Å². The maximum atomic E-state index is 12.7. The molecule has 0 bridgehead atoms. The summed E-state index contributed by atoms with van der Waals surface area (Å²) in [4.78, 5) is 16.1. The van der Waals surface area contributed by atoms with Crippen LogP contribution in [-0.2, 0) is 21.4 Å². The Morgan fingerprint density at radius 2 is 2.00 bits per heavy atom. The average molecular weight is 363 g/mol. The SMILES string of the molecule is O=C(CCn1cncn1)Nc1cccc(S(=O)(=O)N2CCCCC2)c1. The third kappa shape index (κ3) is 4.43. The molecule has 1 saturated heterocycles. The van der Waals surface area contributed by atoms with Gasteiger partial charge in [-0.05, 0) is 31.0 Å². The number of sulfonamides is 1. The minimum atomic E-state index is -3.51. The number of rotatable bonds is 6. The van der Waals surface area contributed by atoms with Gasteiger partial charge >= 0.3 is 0 Å². The Labute approximate surface area is 146 Å². The van der Waals surface area contributed by atoms with Crippen molar-refractivity contribution in [3.05, 3.63) is 36.9 Å². The molecule has 25 heavy (non-hydrogen) atoms. The summed E-state index contributed by atoms with van der Waals surface area (Å²) in [6.45, 7) is 1.52. The highest BCUT2D eigenvalue weighted by Gasteiger charge is 2.26. The molecule has 0 saturated carbocycles. The van der Waals surface area contributed by atoms with E-state index < -0.39 is 10.0 Å². The van der Waals surface area contributed by atoms with Crippen LogP contribution in [0.5, 0.6) is 0 Å². The Morgan fingerprint density at radius 3 is 2.72 bits per heavy atom. The molecule has 0 aliphatic carbocycles. The van der Waals surface area contributed by atoms with Gasteiger partial charge in [-0.25, -0.2) is 13.4 Å². The number of hydrogen-bond acceptors (Lipinski definition) is 5. The van der Waals surface area contributed by atoms with Crippen molar-refractivity contribution in [1.82, 2.24) is 19.1 Å². The lowest BCUT2D eigenvalue weighted by Crippen LogP contribution is -2.35. The quantitative estimate of drug-likeness (QED) is 0.838. The largest absolute Gasteiger partial charge is 0.326 e. The lowest BCUT2D eigenvalue weighted by Gasteiger charge is -2.26. The van der Waals surface area contributed by atoms with Crippen molar-refractivity contribution >= 4 is 21.6 Å². The number of nitrogens with one attached hydrogen (secondary N) is 1. The molecule has 1 aliphatic rings. The van der Waals surface area contributed by atoms with Crippen LogP contribution in [0.2, 0.25) is 0 Å². The average Bonchev–Trinajstić information content (AvgIpc) is 3.14. The zero-order valence-corrected chi connectivity index (χ0v) is 14.7. The van der Waals surface area contributed by atoms with Crippen LogP contribution in [-0.4, -0.2) is 46.5 Å². The third-order valence-electron chi connectivity index (χ3n) is 4.11. The second-order valence-electron chi connectivity index (χ2n) is 5.95.